The molecule has 0 aromatic rings. The lowest BCUT2D eigenvalue weighted by Gasteiger charge is -2.23. The Morgan fingerprint density at radius 1 is 1.57 bits per heavy atom. The minimum Gasteiger partial charge on any atom is -0.351 e. The van der Waals surface area contributed by atoms with E-state index in [2.05, 4.69) is 10.6 Å². The topological polar surface area (TPSA) is 75.3 Å². The number of carbonyl (C=O) groups is 1. The Labute approximate surface area is 84.2 Å². The molecule has 82 valence electrons. The Morgan fingerprint density at radius 2 is 2.29 bits per heavy atom. The number of amides is 1. The van der Waals surface area contributed by atoms with Crippen LogP contribution in [0.25, 0.3) is 0 Å². The van der Waals surface area contributed by atoms with Crippen molar-refractivity contribution in [2.45, 2.75) is 18.9 Å². The van der Waals surface area contributed by atoms with Gasteiger partial charge in [0.15, 0.2) is 9.84 Å². The van der Waals surface area contributed by atoms with Crippen molar-refractivity contribution < 1.29 is 13.2 Å². The maximum atomic E-state index is 11.2. The highest BCUT2D eigenvalue weighted by Gasteiger charge is 2.17. The first kappa shape index (κ1) is 11.5. The first-order chi connectivity index (χ1) is 6.47. The first-order valence-electron chi connectivity index (χ1n) is 4.65. The van der Waals surface area contributed by atoms with Crippen LogP contribution in [0.15, 0.2) is 0 Å². The standard InChI is InChI=1S/C8H16N2O3S/c1-14(12,13)6-8(11)10-7-3-2-4-9-5-7/h7,9H,2-6H2,1H3,(H,10,11)/t7-/m0/s1. The van der Waals surface area contributed by atoms with Crippen LogP contribution in [0.4, 0.5) is 0 Å². The van der Waals surface area contributed by atoms with Crippen LogP contribution < -0.4 is 10.6 Å². The largest absolute Gasteiger partial charge is 0.351 e. The van der Waals surface area contributed by atoms with Gasteiger partial charge in [0.2, 0.25) is 5.91 Å². The van der Waals surface area contributed by atoms with E-state index in [0.717, 1.165) is 32.2 Å². The van der Waals surface area contributed by atoms with Gasteiger partial charge in [-0.15, -0.1) is 0 Å². The highest BCUT2D eigenvalue weighted by atomic mass is 32.2. The van der Waals surface area contributed by atoms with Crippen molar-refractivity contribution in [1.29, 1.82) is 0 Å². The molecule has 0 aliphatic carbocycles. The zero-order valence-electron chi connectivity index (χ0n) is 8.25. The number of hydrogen-bond donors (Lipinski definition) is 2. The Bertz CT molecular complexity index is 294. The second-order valence-corrected chi connectivity index (χ2v) is 5.82. The highest BCUT2D eigenvalue weighted by molar-refractivity contribution is 7.91. The Hall–Kier alpha value is -0.620. The van der Waals surface area contributed by atoms with E-state index in [9.17, 15) is 13.2 Å². The van der Waals surface area contributed by atoms with E-state index < -0.39 is 21.5 Å². The van der Waals surface area contributed by atoms with Crippen LogP contribution >= 0.6 is 0 Å². The van der Waals surface area contributed by atoms with Crippen LogP contribution in [0.1, 0.15) is 12.8 Å². The average molecular weight is 220 g/mol. The zero-order chi connectivity index (χ0) is 10.6. The van der Waals surface area contributed by atoms with E-state index in [1.807, 2.05) is 0 Å². The fraction of sp³-hybridized carbons (Fsp3) is 0.875. The number of nitrogens with one attached hydrogen (secondary N) is 2. The fourth-order valence-corrected chi connectivity index (χ4v) is 2.04. The van der Waals surface area contributed by atoms with Crippen molar-refractivity contribution in [3.63, 3.8) is 0 Å². The van der Waals surface area contributed by atoms with Crippen molar-refractivity contribution in [1.82, 2.24) is 10.6 Å². The molecule has 1 aliphatic rings. The van der Waals surface area contributed by atoms with Crippen LogP contribution in [0, 0.1) is 0 Å². The van der Waals surface area contributed by atoms with Gasteiger partial charge >= 0.3 is 0 Å². The van der Waals surface area contributed by atoms with Crippen LogP contribution in [-0.4, -0.2) is 45.5 Å². The number of hydrogen-bond acceptors (Lipinski definition) is 4. The number of piperidine rings is 1. The normalized spacial score (nSPS) is 23.1. The zero-order valence-corrected chi connectivity index (χ0v) is 9.06. The Morgan fingerprint density at radius 3 is 2.79 bits per heavy atom. The summed E-state index contributed by atoms with van der Waals surface area (Å²) in [6.07, 6.45) is 3.00. The van der Waals surface area contributed by atoms with E-state index in [0.29, 0.717) is 0 Å². The van der Waals surface area contributed by atoms with E-state index in [1.165, 1.54) is 0 Å². The summed E-state index contributed by atoms with van der Waals surface area (Å²) in [6, 6.07) is 0.0815. The van der Waals surface area contributed by atoms with Crippen molar-refractivity contribution in [3.8, 4) is 0 Å². The van der Waals surface area contributed by atoms with Gasteiger partial charge in [-0.1, -0.05) is 0 Å². The second kappa shape index (κ2) is 4.75. The van der Waals surface area contributed by atoms with Gasteiger partial charge in [0, 0.05) is 18.8 Å². The first-order valence-corrected chi connectivity index (χ1v) is 6.71. The molecule has 0 aromatic heterocycles. The Kier molecular flexibility index (Phi) is 3.88. The molecule has 14 heavy (non-hydrogen) atoms. The van der Waals surface area contributed by atoms with Gasteiger partial charge < -0.3 is 10.6 Å². The van der Waals surface area contributed by atoms with E-state index in [1.54, 1.807) is 0 Å². The molecule has 6 heteroatoms. The molecular weight excluding hydrogens is 204 g/mol. The van der Waals surface area contributed by atoms with E-state index in [-0.39, 0.29) is 6.04 Å². The van der Waals surface area contributed by atoms with Gasteiger partial charge in [-0.05, 0) is 19.4 Å². The van der Waals surface area contributed by atoms with Crippen molar-refractivity contribution >= 4 is 15.7 Å². The van der Waals surface area contributed by atoms with E-state index in [4.69, 9.17) is 0 Å². The van der Waals surface area contributed by atoms with Crippen molar-refractivity contribution in [3.05, 3.63) is 0 Å². The average Bonchev–Trinajstić information content (AvgIpc) is 2.02. The lowest BCUT2D eigenvalue weighted by molar-refractivity contribution is -0.119. The second-order valence-electron chi connectivity index (χ2n) is 3.68. The van der Waals surface area contributed by atoms with Gasteiger partial charge in [0.1, 0.15) is 5.75 Å². The lowest BCUT2D eigenvalue weighted by Crippen LogP contribution is -2.47. The molecule has 1 atom stereocenters. The van der Waals surface area contributed by atoms with Crippen LogP contribution in [0.2, 0.25) is 0 Å². The van der Waals surface area contributed by atoms with Gasteiger partial charge in [0.25, 0.3) is 0 Å². The molecule has 5 nitrogen and oxygen atoms in total. The van der Waals surface area contributed by atoms with E-state index >= 15 is 0 Å². The summed E-state index contributed by atoms with van der Waals surface area (Å²) in [5.74, 6) is -0.815. The molecule has 2 N–H and O–H groups in total. The molecule has 1 rings (SSSR count). The molecular formula is C8H16N2O3S. The van der Waals surface area contributed by atoms with Crippen molar-refractivity contribution in [2.24, 2.45) is 0 Å². The molecule has 0 aromatic carbocycles. The maximum absolute atomic E-state index is 11.2. The van der Waals surface area contributed by atoms with Crippen LogP contribution in [0.5, 0.6) is 0 Å². The molecule has 1 saturated heterocycles. The summed E-state index contributed by atoms with van der Waals surface area (Å²) >= 11 is 0. The summed E-state index contributed by atoms with van der Waals surface area (Å²) < 4.78 is 21.6. The summed E-state index contributed by atoms with van der Waals surface area (Å²) in [4.78, 5) is 11.2. The quantitative estimate of drug-likeness (QED) is 0.633. The monoisotopic (exact) mass is 220 g/mol. The third-order valence-electron chi connectivity index (χ3n) is 2.06. The van der Waals surface area contributed by atoms with Crippen molar-refractivity contribution in [2.75, 3.05) is 25.1 Å². The Balaban J connectivity index is 2.32. The summed E-state index contributed by atoms with van der Waals surface area (Å²) in [5.41, 5.74) is 0. The smallest absolute Gasteiger partial charge is 0.235 e. The molecule has 0 unspecified atom stereocenters. The molecule has 0 spiro atoms. The number of rotatable bonds is 3. The molecule has 1 amide bonds. The fourth-order valence-electron chi connectivity index (χ4n) is 1.48. The minimum absolute atomic E-state index is 0.0815. The molecule has 0 radical (unpaired) electrons. The molecule has 1 heterocycles. The molecule has 0 bridgehead atoms. The number of carbonyl (C=O) groups excluding carboxylic acids is 1. The van der Waals surface area contributed by atoms with Gasteiger partial charge in [-0.25, -0.2) is 8.42 Å². The maximum Gasteiger partial charge on any atom is 0.235 e. The summed E-state index contributed by atoms with van der Waals surface area (Å²) in [5, 5.41) is 5.83. The lowest BCUT2D eigenvalue weighted by atomic mass is 10.1. The molecule has 1 aliphatic heterocycles. The predicted molar refractivity (Wildman–Crippen MR) is 53.7 cm³/mol. The van der Waals surface area contributed by atoms with Gasteiger partial charge in [-0.3, -0.25) is 4.79 Å². The van der Waals surface area contributed by atoms with Crippen LogP contribution in [0.3, 0.4) is 0 Å². The summed E-state index contributed by atoms with van der Waals surface area (Å²) in [7, 11) is -3.21. The van der Waals surface area contributed by atoms with Gasteiger partial charge in [0.05, 0.1) is 0 Å². The summed E-state index contributed by atoms with van der Waals surface area (Å²) in [6.45, 7) is 1.70. The van der Waals surface area contributed by atoms with Crippen LogP contribution in [-0.2, 0) is 14.6 Å². The minimum atomic E-state index is -3.21. The highest BCUT2D eigenvalue weighted by Crippen LogP contribution is 2.00. The third kappa shape index (κ3) is 4.57. The third-order valence-corrected chi connectivity index (χ3v) is 2.84. The number of sulfone groups is 1. The van der Waals surface area contributed by atoms with Gasteiger partial charge in [-0.2, -0.15) is 0 Å². The SMILES string of the molecule is CS(=O)(=O)CC(=O)N[C@H]1CCCNC1. The predicted octanol–water partition coefficient (Wildman–Crippen LogP) is -1.10. The molecule has 1 fully saturated rings. The molecule has 0 saturated carbocycles.